The van der Waals surface area contributed by atoms with E-state index in [1.54, 1.807) is 11.8 Å². The molecule has 0 saturated heterocycles. The van der Waals surface area contributed by atoms with Crippen molar-refractivity contribution in [2.75, 3.05) is 18.6 Å². The van der Waals surface area contributed by atoms with Crippen LogP contribution < -0.4 is 5.32 Å². The fraction of sp³-hybridized carbons (Fsp3) is 0.545. The zero-order chi connectivity index (χ0) is 11.8. The van der Waals surface area contributed by atoms with Crippen LogP contribution in [0.2, 0.25) is 0 Å². The third-order valence-corrected chi connectivity index (χ3v) is 3.91. The second-order valence-electron chi connectivity index (χ2n) is 3.42. The SMILES string of the molecule is CSCC(CCO)NCc1ccc(C#N)s1. The minimum Gasteiger partial charge on any atom is -0.396 e. The first kappa shape index (κ1) is 13.5. The van der Waals surface area contributed by atoms with E-state index in [-0.39, 0.29) is 6.61 Å². The van der Waals surface area contributed by atoms with Gasteiger partial charge in [-0.2, -0.15) is 17.0 Å². The molecular weight excluding hydrogens is 240 g/mol. The fourth-order valence-corrected chi connectivity index (χ4v) is 2.82. The Hall–Kier alpha value is -0.540. The van der Waals surface area contributed by atoms with Crippen molar-refractivity contribution >= 4 is 23.1 Å². The molecule has 0 fully saturated rings. The summed E-state index contributed by atoms with van der Waals surface area (Å²) in [5.41, 5.74) is 0. The highest BCUT2D eigenvalue weighted by Gasteiger charge is 2.07. The third-order valence-electron chi connectivity index (χ3n) is 2.18. The van der Waals surface area contributed by atoms with Crippen LogP contribution in [0.4, 0.5) is 0 Å². The molecule has 0 aliphatic rings. The quantitative estimate of drug-likeness (QED) is 0.781. The zero-order valence-corrected chi connectivity index (χ0v) is 10.9. The highest BCUT2D eigenvalue weighted by molar-refractivity contribution is 7.98. The molecule has 5 heteroatoms. The van der Waals surface area contributed by atoms with Gasteiger partial charge in [-0.25, -0.2) is 0 Å². The van der Waals surface area contributed by atoms with Crippen molar-refractivity contribution < 1.29 is 5.11 Å². The number of hydrogen-bond acceptors (Lipinski definition) is 5. The van der Waals surface area contributed by atoms with E-state index in [4.69, 9.17) is 10.4 Å². The van der Waals surface area contributed by atoms with Gasteiger partial charge in [0.1, 0.15) is 10.9 Å². The number of aliphatic hydroxyl groups excluding tert-OH is 1. The van der Waals surface area contributed by atoms with Crippen LogP contribution in [0.25, 0.3) is 0 Å². The van der Waals surface area contributed by atoms with Crippen LogP contribution in [0, 0.1) is 11.3 Å². The lowest BCUT2D eigenvalue weighted by molar-refractivity contribution is 0.270. The topological polar surface area (TPSA) is 56.0 Å². The molecule has 16 heavy (non-hydrogen) atoms. The van der Waals surface area contributed by atoms with Gasteiger partial charge < -0.3 is 10.4 Å². The highest BCUT2D eigenvalue weighted by Crippen LogP contribution is 2.15. The Morgan fingerprint density at radius 2 is 2.44 bits per heavy atom. The van der Waals surface area contributed by atoms with Gasteiger partial charge in [0.05, 0.1) is 0 Å². The maximum absolute atomic E-state index is 8.91. The molecule has 1 atom stereocenters. The molecule has 1 aromatic heterocycles. The van der Waals surface area contributed by atoms with Crippen LogP contribution in [0.1, 0.15) is 16.2 Å². The van der Waals surface area contributed by atoms with Crippen LogP contribution in [0.3, 0.4) is 0 Å². The number of thioether (sulfide) groups is 1. The largest absolute Gasteiger partial charge is 0.396 e. The van der Waals surface area contributed by atoms with E-state index >= 15 is 0 Å². The number of nitriles is 1. The van der Waals surface area contributed by atoms with Crippen molar-refractivity contribution in [2.24, 2.45) is 0 Å². The van der Waals surface area contributed by atoms with Gasteiger partial charge in [-0.1, -0.05) is 0 Å². The van der Waals surface area contributed by atoms with Gasteiger partial charge in [0.15, 0.2) is 0 Å². The molecule has 0 aliphatic carbocycles. The van der Waals surface area contributed by atoms with Crippen LogP contribution in [0.15, 0.2) is 12.1 Å². The van der Waals surface area contributed by atoms with Crippen molar-refractivity contribution in [3.8, 4) is 6.07 Å². The summed E-state index contributed by atoms with van der Waals surface area (Å²) in [6, 6.07) is 6.29. The van der Waals surface area contributed by atoms with Crippen molar-refractivity contribution in [3.63, 3.8) is 0 Å². The lowest BCUT2D eigenvalue weighted by atomic mass is 10.2. The minimum absolute atomic E-state index is 0.214. The summed E-state index contributed by atoms with van der Waals surface area (Å²) in [5, 5.41) is 21.0. The zero-order valence-electron chi connectivity index (χ0n) is 9.27. The summed E-state index contributed by atoms with van der Waals surface area (Å²) in [4.78, 5) is 1.92. The highest BCUT2D eigenvalue weighted by atomic mass is 32.2. The second kappa shape index (κ2) is 7.69. The maximum Gasteiger partial charge on any atom is 0.110 e. The minimum atomic E-state index is 0.214. The molecule has 0 aliphatic heterocycles. The molecule has 2 N–H and O–H groups in total. The number of aliphatic hydroxyl groups is 1. The standard InChI is InChI=1S/C11H16N2OS2/c1-15-8-9(4-5-14)13-7-11-3-2-10(6-12)16-11/h2-3,9,13-14H,4-5,7-8H2,1H3. The Morgan fingerprint density at radius 3 is 3.00 bits per heavy atom. The van der Waals surface area contributed by atoms with Gasteiger partial charge in [0, 0.05) is 29.8 Å². The molecule has 0 bridgehead atoms. The molecule has 1 aromatic rings. The number of nitrogens with zero attached hydrogens (tertiary/aromatic N) is 1. The Balaban J connectivity index is 2.39. The summed E-state index contributed by atoms with van der Waals surface area (Å²) in [6.07, 6.45) is 2.84. The van der Waals surface area contributed by atoms with E-state index in [1.165, 1.54) is 16.2 Å². The van der Waals surface area contributed by atoms with Gasteiger partial charge in [0.25, 0.3) is 0 Å². The van der Waals surface area contributed by atoms with Gasteiger partial charge in [-0.3, -0.25) is 0 Å². The van der Waals surface area contributed by atoms with Gasteiger partial charge in [-0.15, -0.1) is 11.3 Å². The van der Waals surface area contributed by atoms with Gasteiger partial charge >= 0.3 is 0 Å². The van der Waals surface area contributed by atoms with Gasteiger partial charge in [-0.05, 0) is 24.8 Å². The monoisotopic (exact) mass is 256 g/mol. The van der Waals surface area contributed by atoms with E-state index in [0.29, 0.717) is 6.04 Å². The normalized spacial score (nSPS) is 12.3. The maximum atomic E-state index is 8.91. The van der Waals surface area contributed by atoms with Crippen molar-refractivity contribution in [1.29, 1.82) is 5.26 Å². The predicted octanol–water partition coefficient (Wildman–Crippen LogP) is 1.82. The molecular formula is C11H16N2OS2. The Morgan fingerprint density at radius 1 is 1.62 bits per heavy atom. The van der Waals surface area contributed by atoms with Crippen LogP contribution in [0.5, 0.6) is 0 Å². The number of thiophene rings is 1. The van der Waals surface area contributed by atoms with Crippen LogP contribution >= 0.6 is 23.1 Å². The number of rotatable bonds is 7. The molecule has 1 unspecified atom stereocenters. The summed E-state index contributed by atoms with van der Waals surface area (Å²) in [5.74, 6) is 0.997. The average molecular weight is 256 g/mol. The lowest BCUT2D eigenvalue weighted by Crippen LogP contribution is -2.31. The van der Waals surface area contributed by atoms with Crippen LogP contribution in [-0.2, 0) is 6.54 Å². The van der Waals surface area contributed by atoms with Crippen molar-refractivity contribution in [1.82, 2.24) is 5.32 Å². The fourth-order valence-electron chi connectivity index (χ4n) is 1.38. The number of hydrogen-bond donors (Lipinski definition) is 2. The first-order valence-electron chi connectivity index (χ1n) is 5.12. The second-order valence-corrected chi connectivity index (χ2v) is 5.50. The molecule has 88 valence electrons. The molecule has 0 amide bonds. The van der Waals surface area contributed by atoms with Crippen molar-refractivity contribution in [3.05, 3.63) is 21.9 Å². The smallest absolute Gasteiger partial charge is 0.110 e. The van der Waals surface area contributed by atoms with E-state index in [2.05, 4.69) is 17.6 Å². The van der Waals surface area contributed by atoms with Crippen molar-refractivity contribution in [2.45, 2.75) is 19.0 Å². The summed E-state index contributed by atoms with van der Waals surface area (Å²) in [6.45, 7) is 0.990. The first-order chi connectivity index (χ1) is 7.80. The van der Waals surface area contributed by atoms with E-state index < -0.39 is 0 Å². The van der Waals surface area contributed by atoms with Crippen LogP contribution in [-0.4, -0.2) is 29.8 Å². The molecule has 1 heterocycles. The molecule has 0 aromatic carbocycles. The third kappa shape index (κ3) is 4.54. The molecule has 0 saturated carbocycles. The lowest BCUT2D eigenvalue weighted by Gasteiger charge is -2.15. The Bertz CT molecular complexity index is 340. The van der Waals surface area contributed by atoms with Gasteiger partial charge in [0.2, 0.25) is 0 Å². The summed E-state index contributed by atoms with van der Waals surface area (Å²) >= 11 is 3.29. The Kier molecular flexibility index (Phi) is 6.50. The first-order valence-corrected chi connectivity index (χ1v) is 7.33. The van der Waals surface area contributed by atoms with E-state index in [1.807, 2.05) is 12.1 Å². The van der Waals surface area contributed by atoms with E-state index in [9.17, 15) is 0 Å². The molecule has 0 radical (unpaired) electrons. The molecule has 3 nitrogen and oxygen atoms in total. The predicted molar refractivity (Wildman–Crippen MR) is 69.7 cm³/mol. The van der Waals surface area contributed by atoms with E-state index in [0.717, 1.165) is 23.6 Å². The summed E-state index contributed by atoms with van der Waals surface area (Å²) in [7, 11) is 0. The summed E-state index contributed by atoms with van der Waals surface area (Å²) < 4.78 is 0. The Labute approximate surface area is 104 Å². The molecule has 0 spiro atoms. The number of nitrogens with one attached hydrogen (secondary N) is 1. The average Bonchev–Trinajstić information content (AvgIpc) is 2.74. The molecule has 1 rings (SSSR count).